The van der Waals surface area contributed by atoms with Crippen LogP contribution in [0.3, 0.4) is 0 Å². The second-order valence-corrected chi connectivity index (χ2v) is 6.61. The van der Waals surface area contributed by atoms with Gasteiger partial charge in [0.15, 0.2) is 0 Å². The topological polar surface area (TPSA) is 106 Å². The maximum Gasteiger partial charge on any atom is 0.273 e. The molecule has 0 unspecified atom stereocenters. The van der Waals surface area contributed by atoms with Gasteiger partial charge in [-0.15, -0.1) is 0 Å². The summed E-state index contributed by atoms with van der Waals surface area (Å²) in [5, 5.41) is 14.1. The van der Waals surface area contributed by atoms with Gasteiger partial charge in [0.2, 0.25) is 0 Å². The van der Waals surface area contributed by atoms with E-state index >= 15 is 0 Å². The highest BCUT2D eigenvalue weighted by atomic mass is 16.3. The molecule has 3 rings (SSSR count). The summed E-state index contributed by atoms with van der Waals surface area (Å²) in [4.78, 5) is 26.3. The van der Waals surface area contributed by atoms with Gasteiger partial charge in [0.25, 0.3) is 5.91 Å². The molecule has 2 aromatic heterocycles. The molecule has 0 aliphatic carbocycles. The molecule has 3 heterocycles. The number of carbonyl (C=O) groups is 1. The highest BCUT2D eigenvalue weighted by Crippen LogP contribution is 2.24. The second-order valence-electron chi connectivity index (χ2n) is 6.61. The number of aromatic nitrogens is 3. The minimum Gasteiger partial charge on any atom is -0.392 e. The Kier molecular flexibility index (Phi) is 6.33. The molecule has 0 radical (unpaired) electrons. The summed E-state index contributed by atoms with van der Waals surface area (Å²) in [5.74, 6) is -0.304. The van der Waals surface area contributed by atoms with Crippen LogP contribution in [0.5, 0.6) is 0 Å². The van der Waals surface area contributed by atoms with E-state index < -0.39 is 0 Å². The highest BCUT2D eigenvalue weighted by Gasteiger charge is 2.26. The highest BCUT2D eigenvalue weighted by molar-refractivity contribution is 6.32. The Morgan fingerprint density at radius 1 is 1.21 bits per heavy atom. The molecule has 0 fully saturated rings. The minimum absolute atomic E-state index is 0.101. The molecule has 1 amide bonds. The number of aliphatic hydroxyl groups excluding tert-OH is 1. The third-order valence-corrected chi connectivity index (χ3v) is 5.06. The molecule has 0 saturated heterocycles. The zero-order valence-electron chi connectivity index (χ0n) is 16.5. The van der Waals surface area contributed by atoms with Gasteiger partial charge in [0.05, 0.1) is 18.4 Å². The largest absolute Gasteiger partial charge is 0.392 e. The van der Waals surface area contributed by atoms with E-state index in [0.717, 1.165) is 48.6 Å². The molecule has 8 heteroatoms. The normalized spacial score (nSPS) is 15.4. The van der Waals surface area contributed by atoms with E-state index in [1.807, 2.05) is 6.92 Å². The third kappa shape index (κ3) is 4.02. The zero-order chi connectivity index (χ0) is 20.1. The van der Waals surface area contributed by atoms with Gasteiger partial charge in [-0.1, -0.05) is 13.8 Å². The van der Waals surface area contributed by atoms with Crippen LogP contribution >= 0.6 is 0 Å². The summed E-state index contributed by atoms with van der Waals surface area (Å²) in [6.45, 7) is 9.07. The van der Waals surface area contributed by atoms with Gasteiger partial charge < -0.3 is 15.0 Å². The molecule has 3 N–H and O–H groups in total. The Morgan fingerprint density at radius 3 is 2.64 bits per heavy atom. The average Bonchev–Trinajstić information content (AvgIpc) is 3.23. The van der Waals surface area contributed by atoms with Gasteiger partial charge in [0, 0.05) is 35.9 Å². The van der Waals surface area contributed by atoms with Crippen LogP contribution in [-0.4, -0.2) is 56.2 Å². The van der Waals surface area contributed by atoms with E-state index in [-0.39, 0.29) is 12.5 Å². The molecule has 1 aliphatic heterocycles. The first-order chi connectivity index (χ1) is 13.6. The second kappa shape index (κ2) is 8.90. The molecule has 28 heavy (non-hydrogen) atoms. The Morgan fingerprint density at radius 2 is 2.00 bits per heavy atom. The molecule has 0 aromatic carbocycles. The van der Waals surface area contributed by atoms with E-state index in [4.69, 9.17) is 0 Å². The molecule has 0 atom stereocenters. The predicted octanol–water partition coefficient (Wildman–Crippen LogP) is 1.41. The zero-order valence-corrected chi connectivity index (χ0v) is 16.5. The van der Waals surface area contributed by atoms with Crippen LogP contribution in [0.2, 0.25) is 0 Å². The summed E-state index contributed by atoms with van der Waals surface area (Å²) in [5.41, 5.74) is 7.47. The quantitative estimate of drug-likeness (QED) is 0.599. The number of H-pyrrole nitrogens is 1. The number of hydrazone groups is 1. The molecule has 1 aliphatic rings. The lowest BCUT2D eigenvalue weighted by Crippen LogP contribution is -2.25. The first-order valence-electron chi connectivity index (χ1n) is 9.49. The number of aromatic amines is 1. The molecule has 0 spiro atoms. The van der Waals surface area contributed by atoms with Crippen LogP contribution in [0.1, 0.15) is 42.1 Å². The van der Waals surface area contributed by atoms with E-state index in [1.165, 1.54) is 0 Å². The van der Waals surface area contributed by atoms with Gasteiger partial charge >= 0.3 is 0 Å². The monoisotopic (exact) mass is 382 g/mol. The number of aryl methyl sites for hydroxylation is 1. The van der Waals surface area contributed by atoms with Gasteiger partial charge in [-0.05, 0) is 38.1 Å². The number of hydrogen-bond donors (Lipinski definition) is 3. The van der Waals surface area contributed by atoms with Crippen molar-refractivity contribution in [2.45, 2.75) is 33.8 Å². The number of hydrogen-bond acceptors (Lipinski definition) is 6. The SMILES string of the molecule is CCN(CC)CCc1c(C)[nH]c(C=C2C(=O)NN=C2c2cnccn2)c1CO. The van der Waals surface area contributed by atoms with E-state index in [1.54, 1.807) is 24.7 Å². The third-order valence-electron chi connectivity index (χ3n) is 5.06. The van der Waals surface area contributed by atoms with Crippen molar-refractivity contribution in [3.05, 3.63) is 52.4 Å². The number of carbonyl (C=O) groups excluding carboxylic acids is 1. The lowest BCUT2D eigenvalue weighted by atomic mass is 10.0. The van der Waals surface area contributed by atoms with Crippen LogP contribution in [0, 0.1) is 6.92 Å². The molecule has 0 saturated carbocycles. The Labute approximate surface area is 164 Å². The van der Waals surface area contributed by atoms with Gasteiger partial charge in [0.1, 0.15) is 11.4 Å². The smallest absolute Gasteiger partial charge is 0.273 e. The van der Waals surface area contributed by atoms with E-state index in [9.17, 15) is 9.90 Å². The van der Waals surface area contributed by atoms with E-state index in [0.29, 0.717) is 17.0 Å². The van der Waals surface area contributed by atoms with E-state index in [2.05, 4.69) is 44.2 Å². The Bertz CT molecular complexity index is 897. The Balaban J connectivity index is 1.94. The summed E-state index contributed by atoms with van der Waals surface area (Å²) in [6, 6.07) is 0. The molecule has 0 bridgehead atoms. The first-order valence-corrected chi connectivity index (χ1v) is 9.49. The van der Waals surface area contributed by atoms with Gasteiger partial charge in [-0.25, -0.2) is 5.43 Å². The molecule has 2 aromatic rings. The number of amides is 1. The van der Waals surface area contributed by atoms with Crippen LogP contribution in [-0.2, 0) is 17.8 Å². The van der Waals surface area contributed by atoms with Crippen molar-refractivity contribution in [3.63, 3.8) is 0 Å². The maximum atomic E-state index is 12.3. The van der Waals surface area contributed by atoms with Crippen molar-refractivity contribution in [2.75, 3.05) is 19.6 Å². The fourth-order valence-corrected chi connectivity index (χ4v) is 3.42. The number of nitrogens with one attached hydrogen (secondary N) is 2. The van der Waals surface area contributed by atoms with Gasteiger partial charge in [-0.2, -0.15) is 5.10 Å². The van der Waals surface area contributed by atoms with Crippen LogP contribution in [0.25, 0.3) is 6.08 Å². The number of likely N-dealkylation sites (N-methyl/N-ethyl adjacent to an activating group) is 1. The van der Waals surface area contributed by atoms with Crippen molar-refractivity contribution in [1.29, 1.82) is 0 Å². The number of rotatable bonds is 8. The van der Waals surface area contributed by atoms with Crippen LogP contribution in [0.4, 0.5) is 0 Å². The Hall–Kier alpha value is -2.84. The first kappa shape index (κ1) is 19.9. The van der Waals surface area contributed by atoms with Crippen molar-refractivity contribution in [1.82, 2.24) is 25.3 Å². The molecule has 148 valence electrons. The van der Waals surface area contributed by atoms with Crippen LogP contribution < -0.4 is 5.43 Å². The number of nitrogens with zero attached hydrogens (tertiary/aromatic N) is 4. The summed E-state index contributed by atoms with van der Waals surface area (Å²) in [7, 11) is 0. The van der Waals surface area contributed by atoms with Crippen molar-refractivity contribution >= 4 is 17.7 Å². The fraction of sp³-hybridized carbons (Fsp3) is 0.400. The van der Waals surface area contributed by atoms with Crippen LogP contribution in [0.15, 0.2) is 29.3 Å². The maximum absolute atomic E-state index is 12.3. The lowest BCUT2D eigenvalue weighted by molar-refractivity contribution is -0.116. The fourth-order valence-electron chi connectivity index (χ4n) is 3.42. The summed E-state index contributed by atoms with van der Waals surface area (Å²) >= 11 is 0. The average molecular weight is 382 g/mol. The number of aliphatic hydroxyl groups is 1. The van der Waals surface area contributed by atoms with Crippen molar-refractivity contribution < 1.29 is 9.90 Å². The predicted molar refractivity (Wildman–Crippen MR) is 108 cm³/mol. The van der Waals surface area contributed by atoms with Crippen molar-refractivity contribution in [2.24, 2.45) is 5.10 Å². The minimum atomic E-state index is -0.304. The summed E-state index contributed by atoms with van der Waals surface area (Å²) < 4.78 is 0. The lowest BCUT2D eigenvalue weighted by Gasteiger charge is -2.18. The summed E-state index contributed by atoms with van der Waals surface area (Å²) in [6.07, 6.45) is 7.25. The molecular formula is C20H26N6O2. The molecule has 8 nitrogen and oxygen atoms in total. The molecular weight excluding hydrogens is 356 g/mol. The van der Waals surface area contributed by atoms with Gasteiger partial charge in [-0.3, -0.25) is 14.8 Å². The standard InChI is InChI=1S/C20H26N6O2/c1-4-26(5-2)9-6-14-13(3)23-17(16(14)12-27)10-15-19(24-25-20(15)28)18-11-21-7-8-22-18/h7-8,10-11,23,27H,4-6,9,12H2,1-3H3,(H,25,28). The van der Waals surface area contributed by atoms with Crippen molar-refractivity contribution in [3.8, 4) is 0 Å².